The topological polar surface area (TPSA) is 59.5 Å². The molecule has 0 fully saturated rings. The van der Waals surface area contributed by atoms with E-state index >= 15 is 0 Å². The molecule has 3 aromatic carbocycles. The average molecular weight is 604 g/mol. The number of rotatable bonds is 8. The molecule has 0 bridgehead atoms. The highest BCUT2D eigenvalue weighted by molar-refractivity contribution is 9.10. The van der Waals surface area contributed by atoms with E-state index < -0.39 is 10.0 Å². The van der Waals surface area contributed by atoms with Gasteiger partial charge in [0.1, 0.15) is 11.3 Å². The fraction of sp³-hybridized carbons (Fsp3) is 0.192. The molecule has 8 heteroatoms. The molecule has 0 saturated carbocycles. The Bertz CT molecular complexity index is 1340. The maximum Gasteiger partial charge on any atom is 0.243 e. The molecule has 0 aliphatic heterocycles. The number of pyridine rings is 1. The third-order valence-electron chi connectivity index (χ3n) is 5.85. The van der Waals surface area contributed by atoms with E-state index in [0.717, 1.165) is 20.1 Å². The standard InChI is InChI=1S/C26H24Br2N2O3S/c1-30(34(31,32)25-14-13-24(33-2)26-23(25)4-3-15-29-26)22(16-18-5-9-20(27)10-6-18)17-19-7-11-21(28)12-8-19/h3-15,22H,16-17H2,1-2H3. The summed E-state index contributed by atoms with van der Waals surface area (Å²) in [5.74, 6) is 0.540. The molecular formula is C26H24Br2N2O3S. The van der Waals surface area contributed by atoms with Gasteiger partial charge in [-0.3, -0.25) is 4.98 Å². The van der Waals surface area contributed by atoms with Gasteiger partial charge in [-0.15, -0.1) is 0 Å². The second-order valence-electron chi connectivity index (χ2n) is 8.00. The average Bonchev–Trinajstić information content (AvgIpc) is 2.85. The second-order valence-corrected chi connectivity index (χ2v) is 11.8. The zero-order valence-corrected chi connectivity index (χ0v) is 22.8. The molecule has 0 radical (unpaired) electrons. The van der Waals surface area contributed by atoms with Crippen LogP contribution in [0.5, 0.6) is 5.75 Å². The van der Waals surface area contributed by atoms with Gasteiger partial charge in [0, 0.05) is 33.6 Å². The van der Waals surface area contributed by atoms with Crippen LogP contribution in [0.15, 0.2) is 92.8 Å². The quantitative estimate of drug-likeness (QED) is 0.239. The highest BCUT2D eigenvalue weighted by Crippen LogP contribution is 2.32. The van der Waals surface area contributed by atoms with Crippen LogP contribution < -0.4 is 4.74 Å². The normalized spacial score (nSPS) is 11.9. The number of benzene rings is 3. The molecule has 0 N–H and O–H groups in total. The monoisotopic (exact) mass is 602 g/mol. The molecule has 0 spiro atoms. The summed E-state index contributed by atoms with van der Waals surface area (Å²) in [4.78, 5) is 4.58. The number of sulfonamides is 1. The van der Waals surface area contributed by atoms with Crippen molar-refractivity contribution in [3.05, 3.63) is 99.1 Å². The predicted octanol–water partition coefficient (Wildman–Crippen LogP) is 6.24. The van der Waals surface area contributed by atoms with E-state index in [0.29, 0.717) is 29.5 Å². The number of nitrogens with zero attached hydrogens (tertiary/aromatic N) is 2. The van der Waals surface area contributed by atoms with Crippen LogP contribution in [0.4, 0.5) is 0 Å². The lowest BCUT2D eigenvalue weighted by Gasteiger charge is -2.28. The van der Waals surface area contributed by atoms with Gasteiger partial charge in [0.05, 0.1) is 12.0 Å². The minimum Gasteiger partial charge on any atom is -0.494 e. The Morgan fingerprint density at radius 1 is 0.882 bits per heavy atom. The minimum absolute atomic E-state index is 0.218. The fourth-order valence-electron chi connectivity index (χ4n) is 3.98. The third-order valence-corrected chi connectivity index (χ3v) is 8.88. The number of ether oxygens (including phenoxy) is 1. The van der Waals surface area contributed by atoms with E-state index in [1.807, 2.05) is 48.5 Å². The number of likely N-dealkylation sites (N-methyl/N-ethyl adjacent to an activating group) is 1. The Morgan fingerprint density at radius 2 is 1.44 bits per heavy atom. The molecule has 1 aromatic heterocycles. The van der Waals surface area contributed by atoms with Crippen LogP contribution in [0.1, 0.15) is 11.1 Å². The first kappa shape index (κ1) is 24.9. The predicted molar refractivity (Wildman–Crippen MR) is 143 cm³/mol. The molecule has 0 unspecified atom stereocenters. The molecule has 4 aromatic rings. The summed E-state index contributed by atoms with van der Waals surface area (Å²) in [5, 5.41) is 0.541. The van der Waals surface area contributed by atoms with Gasteiger partial charge in [0.25, 0.3) is 0 Å². The Labute approximate surface area is 217 Å². The van der Waals surface area contributed by atoms with Crippen molar-refractivity contribution in [2.75, 3.05) is 14.2 Å². The molecule has 0 atom stereocenters. The molecule has 34 heavy (non-hydrogen) atoms. The molecule has 0 aliphatic carbocycles. The van der Waals surface area contributed by atoms with Crippen molar-refractivity contribution in [3.63, 3.8) is 0 Å². The van der Waals surface area contributed by atoms with Gasteiger partial charge < -0.3 is 4.74 Å². The largest absolute Gasteiger partial charge is 0.494 e. The number of methoxy groups -OCH3 is 1. The van der Waals surface area contributed by atoms with E-state index in [1.165, 1.54) is 4.31 Å². The van der Waals surface area contributed by atoms with Crippen molar-refractivity contribution < 1.29 is 13.2 Å². The van der Waals surface area contributed by atoms with Gasteiger partial charge in [-0.25, -0.2) is 8.42 Å². The summed E-state index contributed by atoms with van der Waals surface area (Å²) in [5.41, 5.74) is 2.65. The maximum atomic E-state index is 13.9. The minimum atomic E-state index is -3.83. The smallest absolute Gasteiger partial charge is 0.243 e. The van der Waals surface area contributed by atoms with E-state index in [4.69, 9.17) is 4.74 Å². The van der Waals surface area contributed by atoms with Crippen LogP contribution in [-0.2, 0) is 22.9 Å². The Balaban J connectivity index is 1.75. The second kappa shape index (κ2) is 10.6. The van der Waals surface area contributed by atoms with Crippen molar-refractivity contribution in [1.82, 2.24) is 9.29 Å². The summed E-state index contributed by atoms with van der Waals surface area (Å²) < 4.78 is 36.7. The summed E-state index contributed by atoms with van der Waals surface area (Å²) in [6.45, 7) is 0. The van der Waals surface area contributed by atoms with E-state index in [1.54, 1.807) is 44.6 Å². The SMILES string of the molecule is COc1ccc(S(=O)(=O)N(C)C(Cc2ccc(Br)cc2)Cc2ccc(Br)cc2)c2cccnc12. The zero-order valence-electron chi connectivity index (χ0n) is 18.8. The van der Waals surface area contributed by atoms with Gasteiger partial charge >= 0.3 is 0 Å². The Hall–Kier alpha value is -2.26. The first-order valence-corrected chi connectivity index (χ1v) is 13.7. The summed E-state index contributed by atoms with van der Waals surface area (Å²) in [7, 11) is -0.618. The van der Waals surface area contributed by atoms with E-state index in [-0.39, 0.29) is 10.9 Å². The Morgan fingerprint density at radius 3 is 1.97 bits per heavy atom. The Kier molecular flexibility index (Phi) is 7.72. The molecule has 0 aliphatic rings. The van der Waals surface area contributed by atoms with Crippen molar-refractivity contribution in [1.29, 1.82) is 0 Å². The number of fused-ring (bicyclic) bond motifs is 1. The fourth-order valence-corrected chi connectivity index (χ4v) is 6.04. The molecule has 176 valence electrons. The van der Waals surface area contributed by atoms with Crippen molar-refractivity contribution in [2.45, 2.75) is 23.8 Å². The third kappa shape index (κ3) is 5.35. The molecule has 4 rings (SSSR count). The van der Waals surface area contributed by atoms with Crippen LogP contribution in [0.2, 0.25) is 0 Å². The van der Waals surface area contributed by atoms with Gasteiger partial charge in [-0.2, -0.15) is 4.31 Å². The summed E-state index contributed by atoms with van der Waals surface area (Å²) in [6.07, 6.45) is 2.78. The lowest BCUT2D eigenvalue weighted by atomic mass is 9.99. The number of hydrogen-bond acceptors (Lipinski definition) is 4. The van der Waals surface area contributed by atoms with Crippen LogP contribution in [0.3, 0.4) is 0 Å². The number of aromatic nitrogens is 1. The van der Waals surface area contributed by atoms with Crippen LogP contribution in [0.25, 0.3) is 10.9 Å². The summed E-state index contributed by atoms with van der Waals surface area (Å²) >= 11 is 6.94. The first-order valence-electron chi connectivity index (χ1n) is 10.7. The number of hydrogen-bond donors (Lipinski definition) is 0. The van der Waals surface area contributed by atoms with E-state index in [2.05, 4.69) is 36.8 Å². The number of halogens is 2. The lowest BCUT2D eigenvalue weighted by Crippen LogP contribution is -2.40. The highest BCUT2D eigenvalue weighted by atomic mass is 79.9. The van der Waals surface area contributed by atoms with Crippen LogP contribution in [0, 0.1) is 0 Å². The van der Waals surface area contributed by atoms with Crippen molar-refractivity contribution >= 4 is 52.8 Å². The molecule has 0 amide bonds. The van der Waals surface area contributed by atoms with Gasteiger partial charge in [0.15, 0.2) is 0 Å². The van der Waals surface area contributed by atoms with Crippen molar-refractivity contribution in [3.8, 4) is 5.75 Å². The molecule has 1 heterocycles. The van der Waals surface area contributed by atoms with E-state index in [9.17, 15) is 8.42 Å². The lowest BCUT2D eigenvalue weighted by molar-refractivity contribution is 0.362. The highest BCUT2D eigenvalue weighted by Gasteiger charge is 2.30. The van der Waals surface area contributed by atoms with Crippen LogP contribution in [-0.4, -0.2) is 37.9 Å². The zero-order chi connectivity index (χ0) is 24.3. The van der Waals surface area contributed by atoms with Gasteiger partial charge in [0.2, 0.25) is 10.0 Å². The molecular weight excluding hydrogens is 580 g/mol. The molecule has 0 saturated heterocycles. The van der Waals surface area contributed by atoms with Crippen molar-refractivity contribution in [2.24, 2.45) is 0 Å². The first-order chi connectivity index (χ1) is 16.3. The summed E-state index contributed by atoms with van der Waals surface area (Å²) in [6, 6.07) is 22.5. The maximum absolute atomic E-state index is 13.9. The van der Waals surface area contributed by atoms with Crippen LogP contribution >= 0.6 is 31.9 Å². The molecule has 5 nitrogen and oxygen atoms in total. The van der Waals surface area contributed by atoms with Gasteiger partial charge in [-0.05, 0) is 72.5 Å². The van der Waals surface area contributed by atoms with Gasteiger partial charge in [-0.1, -0.05) is 56.1 Å².